The first kappa shape index (κ1) is 12.9. The summed E-state index contributed by atoms with van der Waals surface area (Å²) in [7, 11) is -3.30. The van der Waals surface area contributed by atoms with Crippen molar-refractivity contribution in [3.8, 4) is 0 Å². The number of hydrogen-bond acceptors (Lipinski definition) is 4. The highest BCUT2D eigenvalue weighted by Gasteiger charge is 2.09. The quantitative estimate of drug-likeness (QED) is 0.829. The lowest BCUT2D eigenvalue weighted by Gasteiger charge is -2.07. The van der Waals surface area contributed by atoms with E-state index >= 15 is 0 Å². The maximum atomic E-state index is 11.5. The minimum atomic E-state index is -3.30. The number of rotatable bonds is 5. The van der Waals surface area contributed by atoms with Gasteiger partial charge in [0, 0.05) is 24.7 Å². The van der Waals surface area contributed by atoms with Crippen LogP contribution in [0, 0.1) is 0 Å². The highest BCUT2D eigenvalue weighted by Crippen LogP contribution is 2.15. The fraction of sp³-hybridized carbons (Fsp3) is 0.250. The Labute approximate surface area is 106 Å². The third kappa shape index (κ3) is 3.04. The summed E-state index contributed by atoms with van der Waals surface area (Å²) >= 11 is 0. The molecule has 0 saturated carbocycles. The van der Waals surface area contributed by atoms with E-state index in [-0.39, 0.29) is 18.8 Å². The van der Waals surface area contributed by atoms with Crippen molar-refractivity contribution in [1.29, 1.82) is 0 Å². The van der Waals surface area contributed by atoms with Crippen molar-refractivity contribution in [3.63, 3.8) is 0 Å². The SMILES string of the molecule is NCCS(=O)(=O)NCc1cccc2cccnc12. The van der Waals surface area contributed by atoms with Gasteiger partial charge in [-0.05, 0) is 11.6 Å². The van der Waals surface area contributed by atoms with Crippen LogP contribution >= 0.6 is 0 Å². The second kappa shape index (κ2) is 5.43. The van der Waals surface area contributed by atoms with Gasteiger partial charge >= 0.3 is 0 Å². The summed E-state index contributed by atoms with van der Waals surface area (Å²) in [5.74, 6) is -0.0643. The zero-order valence-corrected chi connectivity index (χ0v) is 10.7. The van der Waals surface area contributed by atoms with Gasteiger partial charge in [0.15, 0.2) is 0 Å². The molecule has 2 aromatic rings. The standard InChI is InChI=1S/C12H15N3O2S/c13-6-8-18(16,17)15-9-11-4-1-3-10-5-2-7-14-12(10)11/h1-5,7,15H,6,8-9,13H2. The number of nitrogens with one attached hydrogen (secondary N) is 1. The average Bonchev–Trinajstić information content (AvgIpc) is 2.36. The minimum absolute atomic E-state index is 0.0643. The van der Waals surface area contributed by atoms with Crippen LogP contribution in [0.2, 0.25) is 0 Å². The zero-order valence-electron chi connectivity index (χ0n) is 9.83. The molecule has 0 saturated heterocycles. The molecule has 0 unspecified atom stereocenters. The summed E-state index contributed by atoms with van der Waals surface area (Å²) < 4.78 is 25.6. The van der Waals surface area contributed by atoms with E-state index in [0.29, 0.717) is 0 Å². The van der Waals surface area contributed by atoms with E-state index in [1.165, 1.54) is 0 Å². The molecule has 1 aromatic carbocycles. The van der Waals surface area contributed by atoms with E-state index in [4.69, 9.17) is 5.73 Å². The van der Waals surface area contributed by atoms with Crippen LogP contribution in [0.15, 0.2) is 36.5 Å². The molecule has 6 heteroatoms. The summed E-state index contributed by atoms with van der Waals surface area (Å²) in [6.45, 7) is 0.347. The zero-order chi connectivity index (χ0) is 13.0. The van der Waals surface area contributed by atoms with Gasteiger partial charge in [-0.15, -0.1) is 0 Å². The van der Waals surface area contributed by atoms with Crippen LogP contribution in [0.25, 0.3) is 10.9 Å². The highest BCUT2D eigenvalue weighted by molar-refractivity contribution is 7.89. The number of para-hydroxylation sites is 1. The molecule has 0 aliphatic heterocycles. The molecule has 0 atom stereocenters. The number of pyridine rings is 1. The van der Waals surface area contributed by atoms with Gasteiger partial charge in [0.25, 0.3) is 0 Å². The summed E-state index contributed by atoms with van der Waals surface area (Å²) in [5.41, 5.74) is 6.91. The first-order valence-electron chi connectivity index (χ1n) is 5.62. The first-order valence-corrected chi connectivity index (χ1v) is 7.27. The topological polar surface area (TPSA) is 85.1 Å². The van der Waals surface area contributed by atoms with Gasteiger partial charge in [-0.25, -0.2) is 13.1 Å². The number of sulfonamides is 1. The van der Waals surface area contributed by atoms with Crippen LogP contribution in [-0.4, -0.2) is 25.7 Å². The molecular weight excluding hydrogens is 250 g/mol. The summed E-state index contributed by atoms with van der Waals surface area (Å²) in [5, 5.41) is 0.994. The molecule has 96 valence electrons. The number of fused-ring (bicyclic) bond motifs is 1. The van der Waals surface area contributed by atoms with E-state index in [9.17, 15) is 8.42 Å². The molecule has 5 nitrogen and oxygen atoms in total. The molecule has 0 fully saturated rings. The third-order valence-electron chi connectivity index (χ3n) is 2.59. The second-order valence-electron chi connectivity index (χ2n) is 3.92. The molecule has 0 amide bonds. The molecule has 0 bridgehead atoms. The normalized spacial score (nSPS) is 11.8. The van der Waals surface area contributed by atoms with Crippen molar-refractivity contribution < 1.29 is 8.42 Å². The van der Waals surface area contributed by atoms with Crippen molar-refractivity contribution in [3.05, 3.63) is 42.1 Å². The predicted molar refractivity (Wildman–Crippen MR) is 71.4 cm³/mol. The van der Waals surface area contributed by atoms with E-state index < -0.39 is 10.0 Å². The van der Waals surface area contributed by atoms with Crippen LogP contribution in [0.3, 0.4) is 0 Å². The number of nitrogens with two attached hydrogens (primary N) is 1. The molecular formula is C12H15N3O2S. The smallest absolute Gasteiger partial charge is 0.213 e. The Hall–Kier alpha value is -1.50. The Kier molecular flexibility index (Phi) is 3.90. The monoisotopic (exact) mass is 265 g/mol. The van der Waals surface area contributed by atoms with Gasteiger partial charge in [0.1, 0.15) is 0 Å². The average molecular weight is 265 g/mol. The van der Waals surface area contributed by atoms with E-state index in [0.717, 1.165) is 16.5 Å². The van der Waals surface area contributed by atoms with Crippen LogP contribution < -0.4 is 10.5 Å². The predicted octanol–water partition coefficient (Wildman–Crippen LogP) is 0.613. The Balaban J connectivity index is 2.22. The summed E-state index contributed by atoms with van der Waals surface area (Å²) in [4.78, 5) is 4.27. The Morgan fingerprint density at radius 2 is 2.00 bits per heavy atom. The fourth-order valence-corrected chi connectivity index (χ4v) is 2.56. The van der Waals surface area contributed by atoms with Gasteiger partial charge in [-0.3, -0.25) is 4.98 Å². The van der Waals surface area contributed by atoms with Gasteiger partial charge < -0.3 is 5.73 Å². The van der Waals surface area contributed by atoms with Crippen molar-refractivity contribution in [2.45, 2.75) is 6.54 Å². The van der Waals surface area contributed by atoms with Crippen LogP contribution in [0.4, 0.5) is 0 Å². The lowest BCUT2D eigenvalue weighted by molar-refractivity contribution is 0.581. The second-order valence-corrected chi connectivity index (χ2v) is 5.85. The Bertz CT molecular complexity index is 635. The summed E-state index contributed by atoms with van der Waals surface area (Å²) in [6.07, 6.45) is 1.69. The molecule has 0 spiro atoms. The van der Waals surface area contributed by atoms with E-state index in [2.05, 4.69) is 9.71 Å². The maximum Gasteiger partial charge on any atom is 0.213 e. The van der Waals surface area contributed by atoms with Crippen molar-refractivity contribution in [2.75, 3.05) is 12.3 Å². The van der Waals surface area contributed by atoms with Crippen LogP contribution in [-0.2, 0) is 16.6 Å². The molecule has 0 aliphatic rings. The molecule has 0 radical (unpaired) electrons. The molecule has 1 aromatic heterocycles. The molecule has 18 heavy (non-hydrogen) atoms. The van der Waals surface area contributed by atoms with Gasteiger partial charge in [0.05, 0.1) is 11.3 Å². The Morgan fingerprint density at radius 3 is 2.78 bits per heavy atom. The van der Waals surface area contributed by atoms with Crippen molar-refractivity contribution in [1.82, 2.24) is 9.71 Å². The fourth-order valence-electron chi connectivity index (χ4n) is 1.73. The Morgan fingerprint density at radius 1 is 1.22 bits per heavy atom. The summed E-state index contributed by atoms with van der Waals surface area (Å²) in [6, 6.07) is 9.49. The van der Waals surface area contributed by atoms with Crippen LogP contribution in [0.5, 0.6) is 0 Å². The van der Waals surface area contributed by atoms with E-state index in [1.807, 2.05) is 30.3 Å². The number of benzene rings is 1. The molecule has 0 aliphatic carbocycles. The lowest BCUT2D eigenvalue weighted by atomic mass is 10.1. The van der Waals surface area contributed by atoms with Crippen LogP contribution in [0.1, 0.15) is 5.56 Å². The maximum absolute atomic E-state index is 11.5. The molecule has 3 N–H and O–H groups in total. The number of aromatic nitrogens is 1. The first-order chi connectivity index (χ1) is 8.62. The van der Waals surface area contributed by atoms with Crippen molar-refractivity contribution in [2.24, 2.45) is 5.73 Å². The highest BCUT2D eigenvalue weighted by atomic mass is 32.2. The van der Waals surface area contributed by atoms with Gasteiger partial charge in [-0.1, -0.05) is 24.3 Å². The number of hydrogen-bond donors (Lipinski definition) is 2. The largest absolute Gasteiger partial charge is 0.329 e. The lowest BCUT2D eigenvalue weighted by Crippen LogP contribution is -2.29. The van der Waals surface area contributed by atoms with Gasteiger partial charge in [-0.2, -0.15) is 0 Å². The van der Waals surface area contributed by atoms with Gasteiger partial charge in [0.2, 0.25) is 10.0 Å². The number of nitrogens with zero attached hydrogens (tertiary/aromatic N) is 1. The minimum Gasteiger partial charge on any atom is -0.329 e. The van der Waals surface area contributed by atoms with Crippen molar-refractivity contribution >= 4 is 20.9 Å². The molecule has 1 heterocycles. The van der Waals surface area contributed by atoms with E-state index in [1.54, 1.807) is 6.20 Å². The molecule has 2 rings (SSSR count). The third-order valence-corrected chi connectivity index (χ3v) is 3.94.